The Kier molecular flexibility index (Phi) is 5.79. The summed E-state index contributed by atoms with van der Waals surface area (Å²) in [5, 5.41) is 2.97. The van der Waals surface area contributed by atoms with Gasteiger partial charge in [0, 0.05) is 11.9 Å². The van der Waals surface area contributed by atoms with Crippen LogP contribution in [0.3, 0.4) is 0 Å². The van der Waals surface area contributed by atoms with Crippen LogP contribution < -0.4 is 14.8 Å². The molecule has 0 spiro atoms. The summed E-state index contributed by atoms with van der Waals surface area (Å²) in [7, 11) is 1.60. The van der Waals surface area contributed by atoms with E-state index in [9.17, 15) is 4.79 Å². The van der Waals surface area contributed by atoms with Crippen molar-refractivity contribution < 1.29 is 14.3 Å². The number of nitrogens with zero attached hydrogens (tertiary/aromatic N) is 1. The Morgan fingerprint density at radius 3 is 2.46 bits per heavy atom. The van der Waals surface area contributed by atoms with Crippen LogP contribution in [0.15, 0.2) is 36.5 Å². The molecule has 5 heteroatoms. The van der Waals surface area contributed by atoms with Gasteiger partial charge in [0.05, 0.1) is 24.8 Å². The summed E-state index contributed by atoms with van der Waals surface area (Å²) < 4.78 is 11.1. The highest BCUT2D eigenvalue weighted by Crippen LogP contribution is 2.31. The second-order valence-electron chi connectivity index (χ2n) is 5.96. The molecule has 1 N–H and O–H groups in total. The minimum Gasteiger partial charge on any atom is -0.493 e. The number of hydrogen-bond acceptors (Lipinski definition) is 4. The highest BCUT2D eigenvalue weighted by molar-refractivity contribution is 5.94. The average molecular weight is 328 g/mol. The van der Waals surface area contributed by atoms with Gasteiger partial charge in [-0.2, -0.15) is 0 Å². The molecule has 0 saturated heterocycles. The molecule has 1 amide bonds. The number of benzene rings is 1. The van der Waals surface area contributed by atoms with Crippen LogP contribution in [0.25, 0.3) is 0 Å². The molecule has 0 aliphatic heterocycles. The van der Waals surface area contributed by atoms with Crippen LogP contribution in [-0.2, 0) is 0 Å². The van der Waals surface area contributed by atoms with E-state index in [-0.39, 0.29) is 18.1 Å². The first-order valence-electron chi connectivity index (χ1n) is 7.98. The van der Waals surface area contributed by atoms with Crippen LogP contribution in [0, 0.1) is 6.92 Å². The molecule has 0 bridgehead atoms. The highest BCUT2D eigenvalue weighted by Gasteiger charge is 2.15. The Bertz CT molecular complexity index is 696. The number of carbonyl (C=O) groups excluding carboxylic acids is 1. The molecule has 1 aromatic carbocycles. The second kappa shape index (κ2) is 7.81. The first kappa shape index (κ1) is 17.8. The fourth-order valence-corrected chi connectivity index (χ4v) is 2.27. The van der Waals surface area contributed by atoms with Crippen LogP contribution in [-0.4, -0.2) is 24.1 Å². The Hall–Kier alpha value is -2.56. The van der Waals surface area contributed by atoms with Crippen LogP contribution in [0.4, 0.5) is 0 Å². The summed E-state index contributed by atoms with van der Waals surface area (Å²) in [5.41, 5.74) is 2.36. The van der Waals surface area contributed by atoms with E-state index in [0.717, 1.165) is 11.3 Å². The molecule has 24 heavy (non-hydrogen) atoms. The van der Waals surface area contributed by atoms with Gasteiger partial charge in [0.1, 0.15) is 0 Å². The largest absolute Gasteiger partial charge is 0.493 e. The number of pyridine rings is 1. The molecule has 0 radical (unpaired) electrons. The van der Waals surface area contributed by atoms with Gasteiger partial charge < -0.3 is 14.8 Å². The zero-order valence-electron chi connectivity index (χ0n) is 14.8. The molecule has 1 heterocycles. The zero-order valence-corrected chi connectivity index (χ0v) is 14.8. The molecule has 0 fully saturated rings. The van der Waals surface area contributed by atoms with E-state index >= 15 is 0 Å². The van der Waals surface area contributed by atoms with Gasteiger partial charge in [0.25, 0.3) is 5.91 Å². The number of amides is 1. The van der Waals surface area contributed by atoms with Crippen molar-refractivity contribution in [2.24, 2.45) is 0 Å². The number of methoxy groups -OCH3 is 1. The molecular formula is C19H24N2O3. The van der Waals surface area contributed by atoms with Gasteiger partial charge in [-0.25, -0.2) is 0 Å². The molecule has 1 unspecified atom stereocenters. The monoisotopic (exact) mass is 328 g/mol. The summed E-state index contributed by atoms with van der Waals surface area (Å²) in [4.78, 5) is 16.4. The van der Waals surface area contributed by atoms with E-state index in [1.165, 1.54) is 0 Å². The summed E-state index contributed by atoms with van der Waals surface area (Å²) in [5.74, 6) is 1.19. The van der Waals surface area contributed by atoms with Crippen molar-refractivity contribution in [3.8, 4) is 11.5 Å². The fraction of sp³-hybridized carbons (Fsp3) is 0.368. The van der Waals surface area contributed by atoms with Gasteiger partial charge in [0.2, 0.25) is 0 Å². The predicted molar refractivity (Wildman–Crippen MR) is 93.6 cm³/mol. The van der Waals surface area contributed by atoms with E-state index in [1.54, 1.807) is 19.4 Å². The van der Waals surface area contributed by atoms with E-state index < -0.39 is 0 Å². The number of ether oxygens (including phenoxy) is 2. The molecule has 0 aliphatic rings. The van der Waals surface area contributed by atoms with E-state index in [1.807, 2.05) is 52.0 Å². The lowest BCUT2D eigenvalue weighted by Gasteiger charge is -2.18. The third-order valence-electron chi connectivity index (χ3n) is 3.57. The molecule has 0 saturated carbocycles. The fourth-order valence-electron chi connectivity index (χ4n) is 2.27. The Labute approximate surface area is 143 Å². The first-order valence-corrected chi connectivity index (χ1v) is 7.98. The summed E-state index contributed by atoms with van der Waals surface area (Å²) in [6.45, 7) is 7.74. The van der Waals surface area contributed by atoms with Crippen molar-refractivity contribution in [1.82, 2.24) is 10.3 Å². The number of nitrogens with one attached hydrogen (secondary N) is 1. The van der Waals surface area contributed by atoms with Gasteiger partial charge in [-0.3, -0.25) is 9.78 Å². The lowest BCUT2D eigenvalue weighted by Crippen LogP contribution is -2.26. The van der Waals surface area contributed by atoms with Crippen molar-refractivity contribution in [3.05, 3.63) is 53.3 Å². The van der Waals surface area contributed by atoms with Crippen LogP contribution in [0.5, 0.6) is 11.5 Å². The molecule has 1 atom stereocenters. The highest BCUT2D eigenvalue weighted by atomic mass is 16.5. The Balaban J connectivity index is 2.12. The number of hydrogen-bond donors (Lipinski definition) is 1. The molecule has 2 aromatic rings. The zero-order chi connectivity index (χ0) is 17.7. The lowest BCUT2D eigenvalue weighted by atomic mass is 10.1. The van der Waals surface area contributed by atoms with Crippen molar-refractivity contribution in [3.63, 3.8) is 0 Å². The number of carbonyl (C=O) groups is 1. The molecule has 2 rings (SSSR count). The minimum atomic E-state index is -0.166. The van der Waals surface area contributed by atoms with Gasteiger partial charge in [-0.05, 0) is 57.5 Å². The molecule has 128 valence electrons. The third-order valence-corrected chi connectivity index (χ3v) is 3.57. The molecule has 5 nitrogen and oxygen atoms in total. The van der Waals surface area contributed by atoms with Crippen molar-refractivity contribution >= 4 is 5.91 Å². The van der Waals surface area contributed by atoms with Gasteiger partial charge in [0.15, 0.2) is 11.5 Å². The number of aromatic nitrogens is 1. The predicted octanol–water partition coefficient (Wildman–Crippen LogP) is 3.68. The molecule has 0 aliphatic carbocycles. The maximum Gasteiger partial charge on any atom is 0.253 e. The molecular weight excluding hydrogens is 304 g/mol. The van der Waals surface area contributed by atoms with Crippen LogP contribution >= 0.6 is 0 Å². The van der Waals surface area contributed by atoms with Gasteiger partial charge in [-0.15, -0.1) is 0 Å². The van der Waals surface area contributed by atoms with Gasteiger partial charge in [-0.1, -0.05) is 6.07 Å². The average Bonchev–Trinajstić information content (AvgIpc) is 2.55. The van der Waals surface area contributed by atoms with Crippen molar-refractivity contribution in [2.75, 3.05) is 7.11 Å². The standard InChI is InChI=1S/C19H24N2O3/c1-12(2)24-17-9-8-15(10-18(17)23-5)14(4)21-19(22)16-7-6-13(3)20-11-16/h6-12,14H,1-5H3,(H,21,22). The smallest absolute Gasteiger partial charge is 0.253 e. The minimum absolute atomic E-state index is 0.0657. The second-order valence-corrected chi connectivity index (χ2v) is 5.96. The quantitative estimate of drug-likeness (QED) is 0.879. The molecule has 1 aromatic heterocycles. The normalized spacial score (nSPS) is 11.9. The van der Waals surface area contributed by atoms with E-state index in [0.29, 0.717) is 17.1 Å². The summed E-state index contributed by atoms with van der Waals surface area (Å²) >= 11 is 0. The maximum absolute atomic E-state index is 12.3. The summed E-state index contributed by atoms with van der Waals surface area (Å²) in [6.07, 6.45) is 1.65. The Morgan fingerprint density at radius 2 is 1.88 bits per heavy atom. The van der Waals surface area contributed by atoms with Crippen LogP contribution in [0.2, 0.25) is 0 Å². The maximum atomic E-state index is 12.3. The van der Waals surface area contributed by atoms with Gasteiger partial charge >= 0.3 is 0 Å². The SMILES string of the molecule is COc1cc(C(C)NC(=O)c2ccc(C)nc2)ccc1OC(C)C. The number of aryl methyl sites for hydroxylation is 1. The van der Waals surface area contributed by atoms with Crippen LogP contribution in [0.1, 0.15) is 48.4 Å². The lowest BCUT2D eigenvalue weighted by molar-refractivity contribution is 0.0939. The van der Waals surface area contributed by atoms with E-state index in [2.05, 4.69) is 10.3 Å². The third kappa shape index (κ3) is 4.47. The topological polar surface area (TPSA) is 60.5 Å². The summed E-state index contributed by atoms with van der Waals surface area (Å²) in [6, 6.07) is 9.10. The first-order chi connectivity index (χ1) is 11.4. The van der Waals surface area contributed by atoms with Crippen molar-refractivity contribution in [1.29, 1.82) is 0 Å². The van der Waals surface area contributed by atoms with E-state index in [4.69, 9.17) is 9.47 Å². The number of rotatable bonds is 6. The Morgan fingerprint density at radius 1 is 1.12 bits per heavy atom. The van der Waals surface area contributed by atoms with Crippen molar-refractivity contribution in [2.45, 2.75) is 39.8 Å².